The van der Waals surface area contributed by atoms with E-state index in [-0.39, 0.29) is 11.3 Å². The van der Waals surface area contributed by atoms with Gasteiger partial charge < -0.3 is 5.73 Å². The fourth-order valence-electron chi connectivity index (χ4n) is 1.34. The quantitative estimate of drug-likeness (QED) is 0.338. The van der Waals surface area contributed by atoms with Gasteiger partial charge in [-0.1, -0.05) is 20.3 Å². The minimum Gasteiger partial charge on any atom is -0.387 e. The van der Waals surface area contributed by atoms with Gasteiger partial charge in [0.1, 0.15) is 5.03 Å². The van der Waals surface area contributed by atoms with Crippen molar-refractivity contribution in [3.8, 4) is 0 Å². The number of aromatic nitrogens is 2. The highest BCUT2D eigenvalue weighted by Gasteiger charge is 2.20. The standard InChI is InChI=1S/C12H20N4S/c1-12(2,11(13)14)5-3-4-8-17-10-9-15-6-7-16-10/h6-7,9H,3-5,8H2,1-2H3,(H3,13,14). The molecule has 0 unspecified atom stereocenters. The van der Waals surface area contributed by atoms with E-state index in [4.69, 9.17) is 11.1 Å². The Balaban J connectivity index is 2.15. The molecule has 0 aliphatic carbocycles. The molecular formula is C12H20N4S. The first-order chi connectivity index (χ1) is 8.02. The summed E-state index contributed by atoms with van der Waals surface area (Å²) in [6.45, 7) is 4.04. The molecule has 0 saturated carbocycles. The third-order valence-electron chi connectivity index (χ3n) is 2.71. The van der Waals surface area contributed by atoms with Crippen LogP contribution >= 0.6 is 11.8 Å². The van der Waals surface area contributed by atoms with Crippen LogP contribution in [0.2, 0.25) is 0 Å². The van der Waals surface area contributed by atoms with Crippen molar-refractivity contribution < 1.29 is 0 Å². The Morgan fingerprint density at radius 1 is 1.41 bits per heavy atom. The lowest BCUT2D eigenvalue weighted by molar-refractivity contribution is 0.448. The monoisotopic (exact) mass is 252 g/mol. The lowest BCUT2D eigenvalue weighted by Gasteiger charge is -2.22. The summed E-state index contributed by atoms with van der Waals surface area (Å²) in [5.41, 5.74) is 5.37. The minimum absolute atomic E-state index is 0.169. The first-order valence-electron chi connectivity index (χ1n) is 5.76. The summed E-state index contributed by atoms with van der Waals surface area (Å²) < 4.78 is 0. The Kier molecular flexibility index (Phi) is 5.41. The van der Waals surface area contributed by atoms with E-state index >= 15 is 0 Å². The van der Waals surface area contributed by atoms with Crippen LogP contribution < -0.4 is 5.73 Å². The van der Waals surface area contributed by atoms with Crippen molar-refractivity contribution in [3.63, 3.8) is 0 Å². The maximum atomic E-state index is 7.47. The van der Waals surface area contributed by atoms with Crippen molar-refractivity contribution in [2.24, 2.45) is 11.1 Å². The third kappa shape index (κ3) is 5.17. The fraction of sp³-hybridized carbons (Fsp3) is 0.583. The first kappa shape index (κ1) is 14.0. The second kappa shape index (κ2) is 6.59. The molecule has 0 saturated heterocycles. The lowest BCUT2D eigenvalue weighted by atomic mass is 9.86. The van der Waals surface area contributed by atoms with E-state index < -0.39 is 0 Å². The minimum atomic E-state index is -0.169. The van der Waals surface area contributed by atoms with Crippen LogP contribution in [0.1, 0.15) is 33.1 Å². The predicted molar refractivity (Wildman–Crippen MR) is 72.3 cm³/mol. The number of amidine groups is 1. The highest BCUT2D eigenvalue weighted by Crippen LogP contribution is 2.24. The number of nitrogens with one attached hydrogen (secondary N) is 1. The van der Waals surface area contributed by atoms with E-state index in [0.717, 1.165) is 30.0 Å². The molecule has 0 spiro atoms. The van der Waals surface area contributed by atoms with Crippen LogP contribution in [0.5, 0.6) is 0 Å². The molecule has 0 atom stereocenters. The number of hydrogen-bond acceptors (Lipinski definition) is 4. The van der Waals surface area contributed by atoms with Crippen LogP contribution in [0, 0.1) is 10.8 Å². The van der Waals surface area contributed by atoms with Gasteiger partial charge in [0, 0.05) is 17.8 Å². The van der Waals surface area contributed by atoms with Crippen molar-refractivity contribution in [2.45, 2.75) is 38.1 Å². The van der Waals surface area contributed by atoms with E-state index in [1.165, 1.54) is 0 Å². The maximum absolute atomic E-state index is 7.47. The largest absolute Gasteiger partial charge is 0.387 e. The van der Waals surface area contributed by atoms with Crippen molar-refractivity contribution >= 4 is 17.6 Å². The van der Waals surface area contributed by atoms with E-state index in [1.54, 1.807) is 30.4 Å². The molecule has 0 aliphatic heterocycles. The molecule has 4 nitrogen and oxygen atoms in total. The highest BCUT2D eigenvalue weighted by molar-refractivity contribution is 7.99. The fourth-order valence-corrected chi connectivity index (χ4v) is 2.17. The van der Waals surface area contributed by atoms with Crippen molar-refractivity contribution in [1.82, 2.24) is 9.97 Å². The summed E-state index contributed by atoms with van der Waals surface area (Å²) in [5.74, 6) is 1.31. The molecule has 0 radical (unpaired) electrons. The Bertz CT molecular complexity index is 351. The van der Waals surface area contributed by atoms with Gasteiger partial charge in [-0.05, 0) is 18.6 Å². The van der Waals surface area contributed by atoms with Gasteiger partial charge in [0.25, 0.3) is 0 Å². The molecule has 0 bridgehead atoms. The van der Waals surface area contributed by atoms with E-state index in [0.29, 0.717) is 0 Å². The molecule has 5 heteroatoms. The Morgan fingerprint density at radius 3 is 2.76 bits per heavy atom. The van der Waals surface area contributed by atoms with E-state index in [1.807, 2.05) is 13.8 Å². The lowest BCUT2D eigenvalue weighted by Crippen LogP contribution is -2.30. The van der Waals surface area contributed by atoms with Gasteiger partial charge in [0.05, 0.1) is 12.0 Å². The normalized spacial score (nSPS) is 11.4. The second-order valence-electron chi connectivity index (χ2n) is 4.65. The number of nitrogens with zero attached hydrogens (tertiary/aromatic N) is 2. The topological polar surface area (TPSA) is 75.7 Å². The SMILES string of the molecule is CC(C)(CCCCSc1cnccn1)C(=N)N. The van der Waals surface area contributed by atoms with Gasteiger partial charge in [-0.15, -0.1) is 11.8 Å². The highest BCUT2D eigenvalue weighted by atomic mass is 32.2. The Labute approximate surface area is 107 Å². The van der Waals surface area contributed by atoms with Crippen molar-refractivity contribution in [1.29, 1.82) is 5.41 Å². The van der Waals surface area contributed by atoms with Crippen LogP contribution in [0.25, 0.3) is 0 Å². The molecular weight excluding hydrogens is 232 g/mol. The van der Waals surface area contributed by atoms with Gasteiger partial charge in [-0.3, -0.25) is 10.4 Å². The first-order valence-corrected chi connectivity index (χ1v) is 6.74. The Hall–Kier alpha value is -1.10. The summed E-state index contributed by atoms with van der Waals surface area (Å²) >= 11 is 1.72. The zero-order valence-corrected chi connectivity index (χ0v) is 11.3. The molecule has 94 valence electrons. The van der Waals surface area contributed by atoms with Crippen LogP contribution in [0.15, 0.2) is 23.6 Å². The van der Waals surface area contributed by atoms with Crippen molar-refractivity contribution in [3.05, 3.63) is 18.6 Å². The van der Waals surface area contributed by atoms with Crippen molar-refractivity contribution in [2.75, 3.05) is 5.75 Å². The summed E-state index contributed by atoms with van der Waals surface area (Å²) in [4.78, 5) is 8.22. The summed E-state index contributed by atoms with van der Waals surface area (Å²) in [6.07, 6.45) is 8.33. The molecule has 0 aromatic carbocycles. The third-order valence-corrected chi connectivity index (χ3v) is 3.71. The molecule has 1 aromatic heterocycles. The van der Waals surface area contributed by atoms with Gasteiger partial charge in [-0.25, -0.2) is 4.98 Å². The zero-order chi connectivity index (χ0) is 12.7. The smallest absolute Gasteiger partial charge is 0.114 e. The summed E-state index contributed by atoms with van der Waals surface area (Å²) in [6, 6.07) is 0. The van der Waals surface area contributed by atoms with Gasteiger partial charge in [-0.2, -0.15) is 0 Å². The number of rotatable bonds is 7. The molecule has 1 aromatic rings. The van der Waals surface area contributed by atoms with Gasteiger partial charge >= 0.3 is 0 Å². The molecule has 17 heavy (non-hydrogen) atoms. The van der Waals surface area contributed by atoms with Gasteiger partial charge in [0.15, 0.2) is 0 Å². The second-order valence-corrected chi connectivity index (χ2v) is 5.76. The number of hydrogen-bond donors (Lipinski definition) is 2. The van der Waals surface area contributed by atoms with Crippen LogP contribution in [-0.4, -0.2) is 21.6 Å². The predicted octanol–water partition coefficient (Wildman–Crippen LogP) is 2.70. The average Bonchev–Trinajstić information content (AvgIpc) is 2.29. The molecule has 0 amide bonds. The van der Waals surface area contributed by atoms with Crippen LogP contribution in [0.4, 0.5) is 0 Å². The summed E-state index contributed by atoms with van der Waals surface area (Å²) in [5, 5.41) is 8.44. The number of nitrogens with two attached hydrogens (primary N) is 1. The van der Waals surface area contributed by atoms with Crippen LogP contribution in [0.3, 0.4) is 0 Å². The van der Waals surface area contributed by atoms with E-state index in [2.05, 4.69) is 9.97 Å². The molecule has 1 heterocycles. The molecule has 1 rings (SSSR count). The Morgan fingerprint density at radius 2 is 2.18 bits per heavy atom. The average molecular weight is 252 g/mol. The number of unbranched alkanes of at least 4 members (excludes halogenated alkanes) is 1. The molecule has 0 aliphatic rings. The zero-order valence-electron chi connectivity index (χ0n) is 10.4. The van der Waals surface area contributed by atoms with Crippen LogP contribution in [-0.2, 0) is 0 Å². The summed E-state index contributed by atoms with van der Waals surface area (Å²) in [7, 11) is 0. The maximum Gasteiger partial charge on any atom is 0.114 e. The number of thioether (sulfide) groups is 1. The molecule has 3 N–H and O–H groups in total. The van der Waals surface area contributed by atoms with Gasteiger partial charge in [0.2, 0.25) is 0 Å². The van der Waals surface area contributed by atoms with E-state index in [9.17, 15) is 0 Å². The molecule has 0 fully saturated rings.